The van der Waals surface area contributed by atoms with Gasteiger partial charge in [0, 0.05) is 23.6 Å². The first kappa shape index (κ1) is 11.3. The second-order valence-electron chi connectivity index (χ2n) is 3.37. The van der Waals surface area contributed by atoms with E-state index in [1.165, 1.54) is 0 Å². The first-order valence-electron chi connectivity index (χ1n) is 4.70. The molecule has 78 valence electrons. The highest BCUT2D eigenvalue weighted by molar-refractivity contribution is 7.99. The van der Waals surface area contributed by atoms with Crippen molar-refractivity contribution >= 4 is 17.6 Å². The van der Waals surface area contributed by atoms with Crippen LogP contribution in [-0.4, -0.2) is 28.0 Å². The Labute approximate surface area is 89.7 Å². The van der Waals surface area contributed by atoms with Gasteiger partial charge in [0.2, 0.25) is 0 Å². The van der Waals surface area contributed by atoms with Gasteiger partial charge in [-0.05, 0) is 20.1 Å². The number of nitrogens with zero attached hydrogens (tertiary/aromatic N) is 2. The molecule has 0 saturated heterocycles. The molecule has 0 bridgehead atoms. The van der Waals surface area contributed by atoms with Gasteiger partial charge in [0.15, 0.2) is 0 Å². The zero-order chi connectivity index (χ0) is 10.6. The van der Waals surface area contributed by atoms with Crippen LogP contribution in [0.2, 0.25) is 0 Å². The summed E-state index contributed by atoms with van der Waals surface area (Å²) in [5.41, 5.74) is 1.01. The molecule has 3 nitrogen and oxygen atoms in total. The number of hydrogen-bond acceptors (Lipinski definition) is 4. The van der Waals surface area contributed by atoms with Gasteiger partial charge in [-0.3, -0.25) is 0 Å². The summed E-state index contributed by atoms with van der Waals surface area (Å²) in [6, 6.07) is 1.97. The molecule has 0 saturated carbocycles. The average Bonchev–Trinajstić information content (AvgIpc) is 2.12. The Hall–Kier alpha value is -0.770. The maximum atomic E-state index is 4.31. The van der Waals surface area contributed by atoms with Crippen molar-refractivity contribution in [2.24, 2.45) is 0 Å². The molecule has 0 amide bonds. The van der Waals surface area contributed by atoms with Crippen LogP contribution in [0.15, 0.2) is 6.07 Å². The van der Waals surface area contributed by atoms with Crippen LogP contribution >= 0.6 is 11.8 Å². The fraction of sp³-hybridized carbons (Fsp3) is 0.600. The predicted octanol–water partition coefficient (Wildman–Crippen LogP) is 2.26. The standard InChI is InChI=1S/C10H17N3S/c1-7-5-10(13-9(3)12-7)11-6-8(2)14-4/h5,8H,6H2,1-4H3,(H,11,12,13). The number of hydrogen-bond donors (Lipinski definition) is 1. The van der Waals surface area contributed by atoms with Crippen molar-refractivity contribution in [3.8, 4) is 0 Å². The van der Waals surface area contributed by atoms with E-state index >= 15 is 0 Å². The summed E-state index contributed by atoms with van der Waals surface area (Å²) >= 11 is 1.85. The predicted molar refractivity (Wildman–Crippen MR) is 63.0 cm³/mol. The fourth-order valence-electron chi connectivity index (χ4n) is 1.14. The van der Waals surface area contributed by atoms with Crippen molar-refractivity contribution in [1.29, 1.82) is 0 Å². The van der Waals surface area contributed by atoms with E-state index in [1.54, 1.807) is 0 Å². The summed E-state index contributed by atoms with van der Waals surface area (Å²) in [6.45, 7) is 7.03. The number of rotatable bonds is 4. The lowest BCUT2D eigenvalue weighted by atomic mass is 10.4. The molecule has 0 spiro atoms. The third-order valence-electron chi connectivity index (χ3n) is 1.94. The van der Waals surface area contributed by atoms with Gasteiger partial charge in [0.25, 0.3) is 0 Å². The minimum Gasteiger partial charge on any atom is -0.369 e. The van der Waals surface area contributed by atoms with Crippen LogP contribution in [-0.2, 0) is 0 Å². The maximum absolute atomic E-state index is 4.31. The maximum Gasteiger partial charge on any atom is 0.129 e. The summed E-state index contributed by atoms with van der Waals surface area (Å²) in [5, 5.41) is 3.91. The lowest BCUT2D eigenvalue weighted by Gasteiger charge is -2.10. The fourth-order valence-corrected chi connectivity index (χ4v) is 1.39. The number of aromatic nitrogens is 2. The Bertz CT molecular complexity index is 281. The lowest BCUT2D eigenvalue weighted by Crippen LogP contribution is -2.14. The van der Waals surface area contributed by atoms with E-state index in [0.717, 1.165) is 23.9 Å². The Morgan fingerprint density at radius 3 is 2.71 bits per heavy atom. The minimum atomic E-state index is 0.602. The van der Waals surface area contributed by atoms with Gasteiger partial charge in [-0.1, -0.05) is 6.92 Å². The Balaban J connectivity index is 2.58. The molecule has 1 rings (SSSR count). The summed E-state index contributed by atoms with van der Waals surface area (Å²) in [7, 11) is 0. The molecule has 1 atom stereocenters. The van der Waals surface area contributed by atoms with Crippen LogP contribution in [0, 0.1) is 13.8 Å². The molecule has 0 aliphatic carbocycles. The molecule has 1 heterocycles. The van der Waals surface area contributed by atoms with Crippen molar-refractivity contribution < 1.29 is 0 Å². The van der Waals surface area contributed by atoms with Gasteiger partial charge in [-0.15, -0.1) is 0 Å². The normalized spacial score (nSPS) is 12.6. The van der Waals surface area contributed by atoms with Crippen LogP contribution < -0.4 is 5.32 Å². The molecule has 0 fully saturated rings. The molecule has 1 unspecified atom stereocenters. The first-order chi connectivity index (χ1) is 6.61. The van der Waals surface area contributed by atoms with Crippen LogP contribution in [0.25, 0.3) is 0 Å². The number of thioether (sulfide) groups is 1. The molecule has 14 heavy (non-hydrogen) atoms. The quantitative estimate of drug-likeness (QED) is 0.829. The molecular formula is C10H17N3S. The lowest BCUT2D eigenvalue weighted by molar-refractivity contribution is 0.959. The zero-order valence-electron chi connectivity index (χ0n) is 9.16. The summed E-state index contributed by atoms with van der Waals surface area (Å²) in [5.74, 6) is 1.75. The Morgan fingerprint density at radius 1 is 1.43 bits per heavy atom. The highest BCUT2D eigenvalue weighted by Crippen LogP contribution is 2.09. The highest BCUT2D eigenvalue weighted by Gasteiger charge is 2.01. The van der Waals surface area contributed by atoms with E-state index in [2.05, 4.69) is 28.5 Å². The van der Waals surface area contributed by atoms with E-state index in [0.29, 0.717) is 5.25 Å². The summed E-state index contributed by atoms with van der Waals surface area (Å²) < 4.78 is 0. The highest BCUT2D eigenvalue weighted by atomic mass is 32.2. The van der Waals surface area contributed by atoms with E-state index < -0.39 is 0 Å². The van der Waals surface area contributed by atoms with Crippen molar-refractivity contribution in [3.05, 3.63) is 17.6 Å². The van der Waals surface area contributed by atoms with Gasteiger partial charge < -0.3 is 5.32 Å². The smallest absolute Gasteiger partial charge is 0.129 e. The summed E-state index contributed by atoms with van der Waals surface area (Å²) in [4.78, 5) is 8.53. The van der Waals surface area contributed by atoms with Crippen LogP contribution in [0.3, 0.4) is 0 Å². The monoisotopic (exact) mass is 211 g/mol. The molecule has 0 aromatic carbocycles. The van der Waals surface area contributed by atoms with E-state index in [1.807, 2.05) is 31.7 Å². The summed E-state index contributed by atoms with van der Waals surface area (Å²) in [6.07, 6.45) is 2.11. The van der Waals surface area contributed by atoms with E-state index in [9.17, 15) is 0 Å². The minimum absolute atomic E-state index is 0.602. The molecule has 0 aliphatic heterocycles. The largest absolute Gasteiger partial charge is 0.369 e. The number of anilines is 1. The topological polar surface area (TPSA) is 37.8 Å². The van der Waals surface area contributed by atoms with Crippen molar-refractivity contribution in [2.75, 3.05) is 18.1 Å². The van der Waals surface area contributed by atoms with Gasteiger partial charge in [0.05, 0.1) is 0 Å². The van der Waals surface area contributed by atoms with E-state index in [-0.39, 0.29) is 0 Å². The third kappa shape index (κ3) is 3.54. The second-order valence-corrected chi connectivity index (χ2v) is 4.65. The van der Waals surface area contributed by atoms with Gasteiger partial charge >= 0.3 is 0 Å². The SMILES string of the molecule is CSC(C)CNc1cc(C)nc(C)n1. The van der Waals surface area contributed by atoms with Crippen LogP contribution in [0.4, 0.5) is 5.82 Å². The van der Waals surface area contributed by atoms with Crippen LogP contribution in [0.5, 0.6) is 0 Å². The molecule has 4 heteroatoms. The van der Waals surface area contributed by atoms with Crippen molar-refractivity contribution in [2.45, 2.75) is 26.0 Å². The first-order valence-corrected chi connectivity index (χ1v) is 5.99. The van der Waals surface area contributed by atoms with Gasteiger partial charge in [-0.2, -0.15) is 11.8 Å². The molecular weight excluding hydrogens is 194 g/mol. The van der Waals surface area contributed by atoms with Crippen LogP contribution in [0.1, 0.15) is 18.4 Å². The Morgan fingerprint density at radius 2 is 2.14 bits per heavy atom. The molecule has 0 radical (unpaired) electrons. The van der Waals surface area contributed by atoms with Gasteiger partial charge in [-0.25, -0.2) is 9.97 Å². The number of aryl methyl sites for hydroxylation is 2. The second kappa shape index (κ2) is 5.20. The van der Waals surface area contributed by atoms with Gasteiger partial charge in [0.1, 0.15) is 11.6 Å². The molecule has 0 aliphatic rings. The van der Waals surface area contributed by atoms with E-state index in [4.69, 9.17) is 0 Å². The number of nitrogens with one attached hydrogen (secondary N) is 1. The molecule has 1 N–H and O–H groups in total. The third-order valence-corrected chi connectivity index (χ3v) is 2.91. The molecule has 1 aromatic rings. The van der Waals surface area contributed by atoms with Crippen molar-refractivity contribution in [3.63, 3.8) is 0 Å². The van der Waals surface area contributed by atoms with Crippen molar-refractivity contribution in [1.82, 2.24) is 9.97 Å². The average molecular weight is 211 g/mol. The molecule has 1 aromatic heterocycles. The Kier molecular flexibility index (Phi) is 4.20. The zero-order valence-corrected chi connectivity index (χ0v) is 9.98.